The first-order valence-corrected chi connectivity index (χ1v) is 8.26. The van der Waals surface area contributed by atoms with E-state index in [1.165, 1.54) is 7.11 Å². The van der Waals surface area contributed by atoms with Crippen LogP contribution in [-0.2, 0) is 11.2 Å². The zero-order valence-corrected chi connectivity index (χ0v) is 14.9. The summed E-state index contributed by atoms with van der Waals surface area (Å²) in [5, 5.41) is 13.6. The van der Waals surface area contributed by atoms with E-state index in [9.17, 15) is 9.90 Å². The Morgan fingerprint density at radius 2 is 1.72 bits per heavy atom. The Morgan fingerprint density at radius 1 is 1.08 bits per heavy atom. The number of aliphatic hydroxyl groups excluding tert-OH is 1. The van der Waals surface area contributed by atoms with Crippen LogP contribution in [0.15, 0.2) is 48.5 Å². The van der Waals surface area contributed by atoms with E-state index in [1.54, 1.807) is 19.2 Å². The van der Waals surface area contributed by atoms with Gasteiger partial charge in [-0.25, -0.2) is 4.79 Å². The van der Waals surface area contributed by atoms with Gasteiger partial charge < -0.3 is 19.9 Å². The molecule has 25 heavy (non-hydrogen) atoms. The maximum atomic E-state index is 11.4. The predicted octanol–water partition coefficient (Wildman–Crippen LogP) is 2.74. The molecule has 0 bridgehead atoms. The zero-order chi connectivity index (χ0) is 18.2. The van der Waals surface area contributed by atoms with E-state index in [0.29, 0.717) is 12.1 Å². The Labute approximate surface area is 148 Å². The molecule has 2 aromatic rings. The molecule has 0 aliphatic carbocycles. The summed E-state index contributed by atoms with van der Waals surface area (Å²) in [5.41, 5.74) is 2.51. The molecule has 0 heterocycles. The van der Waals surface area contributed by atoms with Gasteiger partial charge in [-0.15, -0.1) is 0 Å². The van der Waals surface area contributed by atoms with Gasteiger partial charge in [0.15, 0.2) is 0 Å². The number of methoxy groups -OCH3 is 2. The van der Waals surface area contributed by atoms with Gasteiger partial charge in [0.05, 0.1) is 25.9 Å². The molecule has 0 radical (unpaired) electrons. The molecule has 0 aliphatic rings. The van der Waals surface area contributed by atoms with Gasteiger partial charge in [0.25, 0.3) is 0 Å². The van der Waals surface area contributed by atoms with Gasteiger partial charge >= 0.3 is 5.97 Å². The van der Waals surface area contributed by atoms with Crippen molar-refractivity contribution in [3.05, 3.63) is 65.2 Å². The van der Waals surface area contributed by atoms with Crippen molar-refractivity contribution in [2.24, 2.45) is 0 Å². The average molecular weight is 343 g/mol. The molecule has 134 valence electrons. The summed E-state index contributed by atoms with van der Waals surface area (Å²) in [6, 6.07) is 15.0. The minimum Gasteiger partial charge on any atom is -0.497 e. The Morgan fingerprint density at radius 3 is 2.28 bits per heavy atom. The number of esters is 1. The molecule has 2 atom stereocenters. The molecule has 0 aliphatic heterocycles. The molecular formula is C20H25NO4. The molecule has 0 saturated carbocycles. The SMILES string of the molecule is COC(=O)c1ccc(CC(C)NCC(O)c2ccc(OC)cc2)cc1. The monoisotopic (exact) mass is 343 g/mol. The molecule has 0 saturated heterocycles. The number of carbonyl (C=O) groups is 1. The summed E-state index contributed by atoms with van der Waals surface area (Å²) in [6.45, 7) is 2.53. The summed E-state index contributed by atoms with van der Waals surface area (Å²) >= 11 is 0. The van der Waals surface area contributed by atoms with Crippen LogP contribution in [0.4, 0.5) is 0 Å². The van der Waals surface area contributed by atoms with Crippen molar-refractivity contribution in [3.8, 4) is 5.75 Å². The first-order chi connectivity index (χ1) is 12.0. The van der Waals surface area contributed by atoms with Crippen LogP contribution in [0.5, 0.6) is 5.75 Å². The highest BCUT2D eigenvalue weighted by Crippen LogP contribution is 2.17. The van der Waals surface area contributed by atoms with E-state index >= 15 is 0 Å². The zero-order valence-electron chi connectivity index (χ0n) is 14.9. The lowest BCUT2D eigenvalue weighted by molar-refractivity contribution is 0.0600. The van der Waals surface area contributed by atoms with Crippen molar-refractivity contribution < 1.29 is 19.4 Å². The Balaban J connectivity index is 1.83. The van der Waals surface area contributed by atoms with Crippen molar-refractivity contribution in [1.82, 2.24) is 5.32 Å². The van der Waals surface area contributed by atoms with Crippen LogP contribution in [0.25, 0.3) is 0 Å². The first-order valence-electron chi connectivity index (χ1n) is 8.26. The van der Waals surface area contributed by atoms with Gasteiger partial charge in [0, 0.05) is 12.6 Å². The fraction of sp³-hybridized carbons (Fsp3) is 0.350. The molecule has 2 N–H and O–H groups in total. The fourth-order valence-electron chi connectivity index (χ4n) is 2.58. The first kappa shape index (κ1) is 19.0. The second-order valence-corrected chi connectivity index (χ2v) is 5.99. The molecule has 0 fully saturated rings. The smallest absolute Gasteiger partial charge is 0.337 e. The summed E-state index contributed by atoms with van der Waals surface area (Å²) in [4.78, 5) is 11.4. The average Bonchev–Trinajstić information content (AvgIpc) is 2.66. The van der Waals surface area contributed by atoms with E-state index in [2.05, 4.69) is 12.2 Å². The summed E-state index contributed by atoms with van der Waals surface area (Å²) in [6.07, 6.45) is 0.228. The molecule has 2 unspecified atom stereocenters. The predicted molar refractivity (Wildman–Crippen MR) is 96.9 cm³/mol. The van der Waals surface area contributed by atoms with Crippen LogP contribution in [0.3, 0.4) is 0 Å². The molecule has 2 rings (SSSR count). The third kappa shape index (κ3) is 5.59. The van der Waals surface area contributed by atoms with E-state index in [4.69, 9.17) is 9.47 Å². The van der Waals surface area contributed by atoms with Crippen LogP contribution < -0.4 is 10.1 Å². The van der Waals surface area contributed by atoms with Gasteiger partial charge in [-0.1, -0.05) is 24.3 Å². The van der Waals surface area contributed by atoms with Gasteiger partial charge in [-0.3, -0.25) is 0 Å². The molecule has 2 aromatic carbocycles. The van der Waals surface area contributed by atoms with E-state index in [0.717, 1.165) is 23.3 Å². The molecule has 0 spiro atoms. The number of aliphatic hydroxyl groups is 1. The van der Waals surface area contributed by atoms with Gasteiger partial charge in [0.1, 0.15) is 5.75 Å². The minimum atomic E-state index is -0.574. The largest absolute Gasteiger partial charge is 0.497 e. The summed E-state index contributed by atoms with van der Waals surface area (Å²) in [7, 11) is 2.99. The topological polar surface area (TPSA) is 67.8 Å². The van der Waals surface area contributed by atoms with Crippen molar-refractivity contribution >= 4 is 5.97 Å². The molecule has 0 amide bonds. The highest BCUT2D eigenvalue weighted by atomic mass is 16.5. The third-order valence-corrected chi connectivity index (χ3v) is 4.08. The standard InChI is InChI=1S/C20H25NO4/c1-14(12-15-4-6-17(7-5-15)20(23)25-3)21-13-19(22)16-8-10-18(24-2)11-9-16/h4-11,14,19,21-22H,12-13H2,1-3H3. The normalized spacial score (nSPS) is 13.1. The maximum Gasteiger partial charge on any atom is 0.337 e. The lowest BCUT2D eigenvalue weighted by Crippen LogP contribution is -2.32. The van der Waals surface area contributed by atoms with Crippen molar-refractivity contribution in [1.29, 1.82) is 0 Å². The lowest BCUT2D eigenvalue weighted by atomic mass is 10.0. The van der Waals surface area contributed by atoms with E-state index in [1.807, 2.05) is 36.4 Å². The van der Waals surface area contributed by atoms with Gasteiger partial charge in [-0.2, -0.15) is 0 Å². The Bertz CT molecular complexity index is 667. The van der Waals surface area contributed by atoms with Crippen LogP contribution in [0, 0.1) is 0 Å². The number of benzene rings is 2. The maximum absolute atomic E-state index is 11.4. The summed E-state index contributed by atoms with van der Waals surface area (Å²) < 4.78 is 9.81. The quantitative estimate of drug-likeness (QED) is 0.722. The second kappa shape index (κ2) is 9.20. The molecular weight excluding hydrogens is 318 g/mol. The Kier molecular flexibility index (Phi) is 6.98. The van der Waals surface area contributed by atoms with E-state index in [-0.39, 0.29) is 12.0 Å². The number of ether oxygens (including phenoxy) is 2. The van der Waals surface area contributed by atoms with Crippen molar-refractivity contribution in [2.75, 3.05) is 20.8 Å². The van der Waals surface area contributed by atoms with Gasteiger partial charge in [-0.05, 0) is 48.7 Å². The highest BCUT2D eigenvalue weighted by Gasteiger charge is 2.11. The molecule has 5 heteroatoms. The van der Waals surface area contributed by atoms with Gasteiger partial charge in [0.2, 0.25) is 0 Å². The minimum absolute atomic E-state index is 0.192. The molecule has 0 aromatic heterocycles. The Hall–Kier alpha value is -2.37. The number of rotatable bonds is 8. The number of hydrogen-bond acceptors (Lipinski definition) is 5. The van der Waals surface area contributed by atoms with Crippen LogP contribution >= 0.6 is 0 Å². The van der Waals surface area contributed by atoms with Crippen molar-refractivity contribution in [2.45, 2.75) is 25.5 Å². The van der Waals surface area contributed by atoms with E-state index < -0.39 is 6.10 Å². The van der Waals surface area contributed by atoms with Crippen molar-refractivity contribution in [3.63, 3.8) is 0 Å². The fourth-order valence-corrected chi connectivity index (χ4v) is 2.58. The van der Waals surface area contributed by atoms with Crippen LogP contribution in [0.2, 0.25) is 0 Å². The lowest BCUT2D eigenvalue weighted by Gasteiger charge is -2.18. The second-order valence-electron chi connectivity index (χ2n) is 5.99. The number of nitrogens with one attached hydrogen (secondary N) is 1. The van der Waals surface area contributed by atoms with Crippen LogP contribution in [0.1, 0.15) is 34.5 Å². The highest BCUT2D eigenvalue weighted by molar-refractivity contribution is 5.89. The third-order valence-electron chi connectivity index (χ3n) is 4.08. The molecule has 5 nitrogen and oxygen atoms in total. The number of carbonyl (C=O) groups excluding carboxylic acids is 1. The van der Waals surface area contributed by atoms with Crippen LogP contribution in [-0.4, -0.2) is 37.9 Å². The summed E-state index contributed by atoms with van der Waals surface area (Å²) in [5.74, 6) is 0.438. The number of hydrogen-bond donors (Lipinski definition) is 2.